The van der Waals surface area contributed by atoms with Gasteiger partial charge in [-0.05, 0) is 26.0 Å². The van der Waals surface area contributed by atoms with Crippen molar-refractivity contribution in [3.8, 4) is 0 Å². The average molecular weight is 393 g/mol. The number of para-hydroxylation sites is 1. The lowest BCUT2D eigenvalue weighted by Crippen LogP contribution is -2.48. The van der Waals surface area contributed by atoms with Crippen LogP contribution in [0.15, 0.2) is 33.7 Å². The van der Waals surface area contributed by atoms with Crippen molar-refractivity contribution in [2.45, 2.75) is 25.3 Å². The van der Waals surface area contributed by atoms with Crippen LogP contribution in [0.3, 0.4) is 0 Å². The fourth-order valence-electron chi connectivity index (χ4n) is 3.28. The zero-order valence-corrected chi connectivity index (χ0v) is 16.3. The van der Waals surface area contributed by atoms with Gasteiger partial charge in [0.25, 0.3) is 0 Å². The fraction of sp³-hybridized carbons (Fsp3) is 0.412. The van der Waals surface area contributed by atoms with E-state index in [4.69, 9.17) is 4.52 Å². The summed E-state index contributed by atoms with van der Waals surface area (Å²) in [5, 5.41) is 4.83. The normalized spacial score (nSPS) is 17.2. The molecule has 0 atom stereocenters. The number of fused-ring (bicyclic) bond motifs is 1. The first kappa shape index (κ1) is 17.6. The second-order valence-corrected chi connectivity index (χ2v) is 9.40. The Morgan fingerprint density at radius 3 is 2.54 bits per heavy atom. The van der Waals surface area contributed by atoms with E-state index in [9.17, 15) is 8.42 Å². The van der Waals surface area contributed by atoms with Crippen molar-refractivity contribution in [1.82, 2.24) is 19.3 Å². The third-order valence-electron chi connectivity index (χ3n) is 4.59. The number of aromatic nitrogens is 2. The quantitative estimate of drug-likeness (QED) is 0.678. The van der Waals surface area contributed by atoms with Crippen LogP contribution in [0.4, 0.5) is 0 Å². The van der Waals surface area contributed by atoms with Crippen molar-refractivity contribution in [3.05, 3.63) is 40.7 Å². The molecular formula is C17H20N4O3S2. The Morgan fingerprint density at radius 1 is 1.15 bits per heavy atom. The van der Waals surface area contributed by atoms with Crippen LogP contribution in [0.1, 0.15) is 16.5 Å². The Bertz CT molecular complexity index is 981. The predicted octanol–water partition coefficient (Wildman–Crippen LogP) is 2.41. The molecule has 1 saturated heterocycles. The number of thiazole rings is 1. The highest BCUT2D eigenvalue weighted by atomic mass is 32.2. The lowest BCUT2D eigenvalue weighted by Gasteiger charge is -2.33. The molecular weight excluding hydrogens is 372 g/mol. The second kappa shape index (κ2) is 6.73. The Morgan fingerprint density at radius 2 is 1.88 bits per heavy atom. The summed E-state index contributed by atoms with van der Waals surface area (Å²) in [6, 6.07) is 8.10. The van der Waals surface area contributed by atoms with Gasteiger partial charge in [-0.3, -0.25) is 4.90 Å². The molecule has 0 radical (unpaired) electrons. The minimum Gasteiger partial charge on any atom is -0.360 e. The van der Waals surface area contributed by atoms with Crippen LogP contribution in [0.2, 0.25) is 0 Å². The highest BCUT2D eigenvalue weighted by Crippen LogP contribution is 2.26. The summed E-state index contributed by atoms with van der Waals surface area (Å²) in [7, 11) is -3.56. The summed E-state index contributed by atoms with van der Waals surface area (Å²) in [6.45, 7) is 6.31. The fourth-order valence-corrected chi connectivity index (χ4v) is 6.00. The molecule has 0 aliphatic carbocycles. The number of nitrogens with zero attached hydrogens (tertiary/aromatic N) is 4. The van der Waals surface area contributed by atoms with Crippen LogP contribution in [0.25, 0.3) is 10.2 Å². The summed E-state index contributed by atoms with van der Waals surface area (Å²) in [6.07, 6.45) is 0. The largest absolute Gasteiger partial charge is 0.360 e. The van der Waals surface area contributed by atoms with Crippen LogP contribution in [0, 0.1) is 13.8 Å². The van der Waals surface area contributed by atoms with Gasteiger partial charge in [0, 0.05) is 26.2 Å². The Kier molecular flexibility index (Phi) is 4.55. The smallest absolute Gasteiger partial charge is 0.248 e. The maximum absolute atomic E-state index is 12.9. The third kappa shape index (κ3) is 3.16. The number of hydrogen-bond donors (Lipinski definition) is 0. The molecule has 0 unspecified atom stereocenters. The van der Waals surface area contributed by atoms with E-state index in [-0.39, 0.29) is 4.90 Å². The van der Waals surface area contributed by atoms with Crippen LogP contribution >= 0.6 is 11.3 Å². The summed E-state index contributed by atoms with van der Waals surface area (Å²) < 4.78 is 33.5. The summed E-state index contributed by atoms with van der Waals surface area (Å²) in [5.41, 5.74) is 1.44. The molecule has 0 bridgehead atoms. The van der Waals surface area contributed by atoms with Crippen molar-refractivity contribution in [2.24, 2.45) is 0 Å². The molecule has 0 saturated carbocycles. The average Bonchev–Trinajstić information content (AvgIpc) is 3.17. The highest BCUT2D eigenvalue weighted by Gasteiger charge is 2.33. The highest BCUT2D eigenvalue weighted by molar-refractivity contribution is 7.89. The van der Waals surface area contributed by atoms with Gasteiger partial charge in [-0.25, -0.2) is 13.4 Å². The van der Waals surface area contributed by atoms with Crippen molar-refractivity contribution in [1.29, 1.82) is 0 Å². The molecule has 1 fully saturated rings. The molecule has 26 heavy (non-hydrogen) atoms. The monoisotopic (exact) mass is 392 g/mol. The van der Waals surface area contributed by atoms with Gasteiger partial charge in [-0.15, -0.1) is 11.3 Å². The molecule has 2 aromatic heterocycles. The standard InChI is InChI=1S/C17H20N4O3S2/c1-12-17(13(2)24-19-12)26(22,23)21-9-7-20(8-10-21)11-16-18-14-5-3-4-6-15(14)25-16/h3-6H,7-11H2,1-2H3. The van der Waals surface area contributed by atoms with Crippen molar-refractivity contribution in [2.75, 3.05) is 26.2 Å². The minimum atomic E-state index is -3.56. The molecule has 1 aromatic carbocycles. The van der Waals surface area contributed by atoms with Gasteiger partial charge >= 0.3 is 0 Å². The molecule has 9 heteroatoms. The van der Waals surface area contributed by atoms with Crippen LogP contribution in [-0.2, 0) is 16.6 Å². The number of sulfonamides is 1. The van der Waals surface area contributed by atoms with E-state index in [2.05, 4.69) is 21.1 Å². The van der Waals surface area contributed by atoms with Gasteiger partial charge in [0.2, 0.25) is 10.0 Å². The summed E-state index contributed by atoms with van der Waals surface area (Å²) in [5.74, 6) is 0.347. The molecule has 3 heterocycles. The lowest BCUT2D eigenvalue weighted by atomic mass is 10.3. The molecule has 1 aliphatic heterocycles. The SMILES string of the molecule is Cc1noc(C)c1S(=O)(=O)N1CCN(Cc2nc3ccccc3s2)CC1. The number of rotatable bonds is 4. The van der Waals surface area contributed by atoms with E-state index in [0.29, 0.717) is 37.6 Å². The van der Waals surface area contributed by atoms with Crippen LogP contribution in [-0.4, -0.2) is 53.9 Å². The number of aryl methyl sites for hydroxylation is 2. The zero-order valence-electron chi connectivity index (χ0n) is 14.7. The summed E-state index contributed by atoms with van der Waals surface area (Å²) in [4.78, 5) is 7.12. The molecule has 3 aromatic rings. The van der Waals surface area contributed by atoms with E-state index in [1.165, 1.54) is 9.01 Å². The zero-order chi connectivity index (χ0) is 18.3. The number of piperazine rings is 1. The van der Waals surface area contributed by atoms with Gasteiger partial charge in [0.15, 0.2) is 5.76 Å². The topological polar surface area (TPSA) is 79.5 Å². The molecule has 1 aliphatic rings. The van der Waals surface area contributed by atoms with Gasteiger partial charge in [-0.2, -0.15) is 4.31 Å². The van der Waals surface area contributed by atoms with E-state index >= 15 is 0 Å². The van der Waals surface area contributed by atoms with Gasteiger partial charge < -0.3 is 4.52 Å². The van der Waals surface area contributed by atoms with E-state index in [0.717, 1.165) is 17.1 Å². The summed E-state index contributed by atoms with van der Waals surface area (Å²) >= 11 is 1.69. The number of hydrogen-bond acceptors (Lipinski definition) is 7. The molecule has 0 N–H and O–H groups in total. The maximum Gasteiger partial charge on any atom is 0.248 e. The second-order valence-electron chi connectivity index (χ2n) is 6.41. The molecule has 0 spiro atoms. The van der Waals surface area contributed by atoms with Gasteiger partial charge in [-0.1, -0.05) is 17.3 Å². The molecule has 138 valence electrons. The van der Waals surface area contributed by atoms with E-state index in [1.54, 1.807) is 25.2 Å². The Balaban J connectivity index is 1.44. The van der Waals surface area contributed by atoms with Crippen LogP contribution in [0.5, 0.6) is 0 Å². The van der Waals surface area contributed by atoms with Crippen molar-refractivity contribution < 1.29 is 12.9 Å². The lowest BCUT2D eigenvalue weighted by molar-refractivity contribution is 0.181. The van der Waals surface area contributed by atoms with E-state index < -0.39 is 10.0 Å². The minimum absolute atomic E-state index is 0.206. The molecule has 7 nitrogen and oxygen atoms in total. The molecule has 4 rings (SSSR count). The maximum atomic E-state index is 12.9. The third-order valence-corrected chi connectivity index (χ3v) is 7.76. The van der Waals surface area contributed by atoms with Gasteiger partial charge in [0.05, 0.1) is 16.8 Å². The van der Waals surface area contributed by atoms with E-state index in [1.807, 2.05) is 18.2 Å². The van der Waals surface area contributed by atoms with Gasteiger partial charge in [0.1, 0.15) is 15.6 Å². The Hall–Kier alpha value is -1.81. The van der Waals surface area contributed by atoms with Crippen LogP contribution < -0.4 is 0 Å². The first-order chi connectivity index (χ1) is 12.4. The molecule has 0 amide bonds. The first-order valence-electron chi connectivity index (χ1n) is 8.45. The van der Waals surface area contributed by atoms with Crippen molar-refractivity contribution in [3.63, 3.8) is 0 Å². The Labute approximate surface area is 156 Å². The number of benzene rings is 1. The predicted molar refractivity (Wildman–Crippen MR) is 99.6 cm³/mol. The van der Waals surface area contributed by atoms with Crippen molar-refractivity contribution >= 4 is 31.6 Å². The first-order valence-corrected chi connectivity index (χ1v) is 10.7.